The van der Waals surface area contributed by atoms with Crippen molar-refractivity contribution < 1.29 is 32.7 Å². The maximum atomic E-state index is 12.9. The van der Waals surface area contributed by atoms with E-state index in [0.717, 1.165) is 11.1 Å². The summed E-state index contributed by atoms with van der Waals surface area (Å²) in [6, 6.07) is 19.5. The third kappa shape index (κ3) is 8.77. The van der Waals surface area contributed by atoms with E-state index in [1.165, 1.54) is 12.1 Å². The van der Waals surface area contributed by atoms with Gasteiger partial charge in [0.25, 0.3) is 0 Å². The van der Waals surface area contributed by atoms with Crippen molar-refractivity contribution in [2.24, 2.45) is 0 Å². The van der Waals surface area contributed by atoms with Crippen molar-refractivity contribution in [3.63, 3.8) is 0 Å². The van der Waals surface area contributed by atoms with Gasteiger partial charge in [-0.15, -0.1) is 0 Å². The zero-order chi connectivity index (χ0) is 26.8. The molecule has 1 atom stereocenters. The molecule has 0 saturated carbocycles. The molecule has 0 heterocycles. The van der Waals surface area contributed by atoms with Gasteiger partial charge < -0.3 is 29.4 Å². The second-order valence-electron chi connectivity index (χ2n) is 8.84. The Labute approximate surface area is 216 Å². The molecule has 0 aliphatic carbocycles. The zero-order valence-corrected chi connectivity index (χ0v) is 21.1. The molecule has 196 valence electrons. The molecular weight excluding hydrogens is 481 g/mol. The minimum atomic E-state index is -2.94. The fourth-order valence-corrected chi connectivity index (χ4v) is 3.88. The smallest absolute Gasteiger partial charge is 0.504 e. The summed E-state index contributed by atoms with van der Waals surface area (Å²) in [7, 11) is 3.15. The van der Waals surface area contributed by atoms with Crippen LogP contribution in [0, 0.1) is 0 Å². The lowest BCUT2D eigenvalue weighted by atomic mass is 9.96. The number of carbonyl (C=O) groups excluding carboxylic acids is 1. The number of halogens is 2. The largest absolute Gasteiger partial charge is 0.539 e. The summed E-state index contributed by atoms with van der Waals surface area (Å²) < 4.78 is 41.4. The topological polar surface area (TPSA) is 80.3 Å². The molecule has 2 N–H and O–H groups in total. The summed E-state index contributed by atoms with van der Waals surface area (Å²) in [5, 5.41) is 12.0. The molecule has 37 heavy (non-hydrogen) atoms. The molecule has 3 aromatic rings. The Kier molecular flexibility index (Phi) is 10.3. The molecule has 0 aromatic heterocycles. The molecule has 0 aliphatic heterocycles. The number of alkyl halides is 2. The summed E-state index contributed by atoms with van der Waals surface area (Å²) in [4.78, 5) is 14.7. The quantitative estimate of drug-likeness (QED) is 0.324. The summed E-state index contributed by atoms with van der Waals surface area (Å²) in [6.45, 7) is -0.327. The number of rotatable bonds is 13. The van der Waals surface area contributed by atoms with Gasteiger partial charge in [0.1, 0.15) is 23.9 Å². The van der Waals surface area contributed by atoms with Crippen LogP contribution in [0.5, 0.6) is 17.2 Å². The minimum absolute atomic E-state index is 0.0657. The average molecular weight is 512 g/mol. The number of ether oxygens (including phenoxy) is 2. The fourth-order valence-electron chi connectivity index (χ4n) is 3.88. The SMILES string of the molecule is C[C@H](CC(=O)Nc1ccc(OC(F)F)c(CN(C)C)c1)c1cc(OBO)ccc1OCc1ccccc1. The van der Waals surface area contributed by atoms with Crippen molar-refractivity contribution in [1.29, 1.82) is 0 Å². The van der Waals surface area contributed by atoms with Crippen molar-refractivity contribution in [2.45, 2.75) is 39.0 Å². The van der Waals surface area contributed by atoms with Crippen LogP contribution in [-0.2, 0) is 17.9 Å². The maximum absolute atomic E-state index is 12.9. The van der Waals surface area contributed by atoms with Crippen molar-refractivity contribution in [3.8, 4) is 17.2 Å². The van der Waals surface area contributed by atoms with Gasteiger partial charge in [-0.3, -0.25) is 4.79 Å². The van der Waals surface area contributed by atoms with E-state index in [2.05, 4.69) is 10.1 Å². The average Bonchev–Trinajstić information content (AvgIpc) is 2.85. The van der Waals surface area contributed by atoms with E-state index in [0.29, 0.717) is 35.9 Å². The third-order valence-electron chi connectivity index (χ3n) is 5.52. The normalized spacial score (nSPS) is 11.8. The van der Waals surface area contributed by atoms with Crippen molar-refractivity contribution >= 4 is 19.3 Å². The number of amides is 1. The molecule has 3 rings (SSSR count). The van der Waals surface area contributed by atoms with Crippen molar-refractivity contribution in [3.05, 3.63) is 83.4 Å². The van der Waals surface area contributed by atoms with Gasteiger partial charge in [-0.05, 0) is 62.0 Å². The molecule has 0 bridgehead atoms. The molecule has 0 aliphatic rings. The first-order valence-electron chi connectivity index (χ1n) is 11.8. The van der Waals surface area contributed by atoms with E-state index in [9.17, 15) is 13.6 Å². The highest BCUT2D eigenvalue weighted by molar-refractivity contribution is 6.17. The predicted octanol–water partition coefficient (Wildman–Crippen LogP) is 4.70. The molecule has 7 nitrogen and oxygen atoms in total. The first-order chi connectivity index (χ1) is 17.7. The Morgan fingerprint density at radius 2 is 1.78 bits per heavy atom. The first kappa shape index (κ1) is 28.0. The van der Waals surface area contributed by atoms with E-state index in [4.69, 9.17) is 14.4 Å². The Bertz CT molecular complexity index is 1160. The fraction of sp³-hybridized carbons (Fsp3) is 0.296. The van der Waals surface area contributed by atoms with E-state index >= 15 is 0 Å². The number of nitrogens with zero attached hydrogens (tertiary/aromatic N) is 1. The standard InChI is InChI=1S/C27H31BF2N2O5/c1-18(13-26(33)31-21-9-11-24(36-27(29)30)20(14-21)16-32(2)3)23-15-22(37-28-34)10-12-25(23)35-17-19-7-5-4-6-8-19/h4-12,14-15,18,27-28,34H,13,16-17H2,1-3H3,(H,31,33)/t18-/m1/s1. The van der Waals surface area contributed by atoms with Crippen LogP contribution < -0.4 is 19.4 Å². The van der Waals surface area contributed by atoms with E-state index in [-0.39, 0.29) is 24.0 Å². The Morgan fingerprint density at radius 3 is 2.46 bits per heavy atom. The Hall–Kier alpha value is -3.63. The lowest BCUT2D eigenvalue weighted by Crippen LogP contribution is -2.17. The third-order valence-corrected chi connectivity index (χ3v) is 5.52. The molecular formula is C27H31BF2N2O5. The van der Waals surface area contributed by atoms with Crippen LogP contribution in [0.25, 0.3) is 0 Å². The molecule has 1 amide bonds. The van der Waals surface area contributed by atoms with Gasteiger partial charge in [0.05, 0.1) is 0 Å². The highest BCUT2D eigenvalue weighted by Crippen LogP contribution is 2.33. The number of carbonyl (C=O) groups is 1. The van der Waals surface area contributed by atoms with Crippen LogP contribution in [0.1, 0.15) is 36.0 Å². The van der Waals surface area contributed by atoms with Gasteiger partial charge in [-0.1, -0.05) is 37.3 Å². The molecule has 3 aromatic carbocycles. The maximum Gasteiger partial charge on any atom is 0.504 e. The summed E-state index contributed by atoms with van der Waals surface area (Å²) >= 11 is 0. The Morgan fingerprint density at radius 1 is 1.05 bits per heavy atom. The van der Waals surface area contributed by atoms with Crippen LogP contribution in [-0.4, -0.2) is 44.2 Å². The lowest BCUT2D eigenvalue weighted by Gasteiger charge is -2.19. The van der Waals surface area contributed by atoms with Crippen LogP contribution in [0.2, 0.25) is 0 Å². The number of anilines is 1. The molecule has 0 fully saturated rings. The van der Waals surface area contributed by atoms with E-state index in [1.54, 1.807) is 24.3 Å². The number of benzene rings is 3. The van der Waals surface area contributed by atoms with Crippen molar-refractivity contribution in [1.82, 2.24) is 4.90 Å². The highest BCUT2D eigenvalue weighted by Gasteiger charge is 2.18. The lowest BCUT2D eigenvalue weighted by molar-refractivity contribution is -0.116. The molecule has 0 saturated heterocycles. The van der Waals surface area contributed by atoms with Crippen LogP contribution in [0.3, 0.4) is 0 Å². The number of hydrogen-bond acceptors (Lipinski definition) is 6. The summed E-state index contributed by atoms with van der Waals surface area (Å²) in [5.74, 6) is 0.621. The molecule has 0 unspecified atom stereocenters. The predicted molar refractivity (Wildman–Crippen MR) is 139 cm³/mol. The monoisotopic (exact) mass is 512 g/mol. The van der Waals surface area contributed by atoms with Gasteiger partial charge in [-0.2, -0.15) is 8.78 Å². The summed E-state index contributed by atoms with van der Waals surface area (Å²) in [5.41, 5.74) is 2.77. The van der Waals surface area contributed by atoms with Gasteiger partial charge in [0.2, 0.25) is 5.91 Å². The van der Waals surface area contributed by atoms with Gasteiger partial charge in [0, 0.05) is 29.8 Å². The van der Waals surface area contributed by atoms with E-state index in [1.807, 2.05) is 56.3 Å². The number of nitrogens with one attached hydrogen (secondary N) is 1. The van der Waals surface area contributed by atoms with Crippen molar-refractivity contribution in [2.75, 3.05) is 19.4 Å². The Balaban J connectivity index is 1.73. The zero-order valence-electron chi connectivity index (χ0n) is 21.1. The first-order valence-corrected chi connectivity index (χ1v) is 11.8. The molecule has 0 radical (unpaired) electrons. The van der Waals surface area contributed by atoms with Gasteiger partial charge >= 0.3 is 14.3 Å². The summed E-state index contributed by atoms with van der Waals surface area (Å²) in [6.07, 6.45) is 0.128. The minimum Gasteiger partial charge on any atom is -0.539 e. The van der Waals surface area contributed by atoms with E-state index < -0.39 is 14.3 Å². The van der Waals surface area contributed by atoms with Crippen LogP contribution >= 0.6 is 0 Å². The highest BCUT2D eigenvalue weighted by atomic mass is 19.3. The molecule has 0 spiro atoms. The van der Waals surface area contributed by atoms with Crippen LogP contribution in [0.15, 0.2) is 66.7 Å². The molecule has 10 heteroatoms. The number of hydrogen-bond donors (Lipinski definition) is 2. The second kappa shape index (κ2) is 13.6. The van der Waals surface area contributed by atoms with Crippen LogP contribution in [0.4, 0.5) is 14.5 Å². The van der Waals surface area contributed by atoms with Gasteiger partial charge in [-0.25, -0.2) is 0 Å². The second-order valence-corrected chi connectivity index (χ2v) is 8.84. The van der Waals surface area contributed by atoms with Gasteiger partial charge in [0.15, 0.2) is 0 Å².